The van der Waals surface area contributed by atoms with Crippen LogP contribution in [0.2, 0.25) is 0 Å². The molecule has 1 rings (SSSR count). The fraction of sp³-hybridized carbons (Fsp3) is 0.643. The molecule has 1 heterocycles. The summed E-state index contributed by atoms with van der Waals surface area (Å²) in [6, 6.07) is 0.836. The van der Waals surface area contributed by atoms with E-state index in [0.717, 1.165) is 12.5 Å². The van der Waals surface area contributed by atoms with E-state index >= 15 is 0 Å². The maximum atomic E-state index is 13.5. The Balaban J connectivity index is 2.41. The van der Waals surface area contributed by atoms with Gasteiger partial charge in [0.1, 0.15) is 0 Å². The van der Waals surface area contributed by atoms with Gasteiger partial charge in [0.2, 0.25) is 0 Å². The van der Waals surface area contributed by atoms with E-state index in [1.165, 1.54) is 0 Å². The molecule has 0 aliphatic heterocycles. The lowest BCUT2D eigenvalue weighted by Gasteiger charge is -2.11. The Morgan fingerprint density at radius 1 is 1.20 bits per heavy atom. The van der Waals surface area contributed by atoms with Crippen molar-refractivity contribution >= 4 is 11.6 Å². The monoisotopic (exact) mass is 287 g/mol. The number of rotatable bonds is 9. The number of nitrogens with one attached hydrogen (secondary N) is 2. The second kappa shape index (κ2) is 8.68. The first-order chi connectivity index (χ1) is 9.54. The van der Waals surface area contributed by atoms with Crippen molar-refractivity contribution < 1.29 is 13.5 Å². The Morgan fingerprint density at radius 3 is 2.45 bits per heavy atom. The third kappa shape index (κ3) is 5.69. The highest BCUT2D eigenvalue weighted by Crippen LogP contribution is 2.18. The van der Waals surface area contributed by atoms with Crippen LogP contribution >= 0.6 is 0 Å². The molecule has 0 aliphatic rings. The SMILES string of the molecule is CCNc1nc(NCCCOCC(C)C)c(F)cc1F. The second-order valence-corrected chi connectivity index (χ2v) is 4.93. The molecule has 0 saturated heterocycles. The first-order valence-electron chi connectivity index (χ1n) is 6.96. The zero-order chi connectivity index (χ0) is 15.0. The van der Waals surface area contributed by atoms with Crippen molar-refractivity contribution in [3.63, 3.8) is 0 Å². The molecule has 0 bridgehead atoms. The van der Waals surface area contributed by atoms with Gasteiger partial charge >= 0.3 is 0 Å². The molecular formula is C14H23F2N3O. The Bertz CT molecular complexity index is 414. The third-order valence-corrected chi connectivity index (χ3v) is 2.48. The largest absolute Gasteiger partial charge is 0.381 e. The first kappa shape index (κ1) is 16.6. The fourth-order valence-corrected chi connectivity index (χ4v) is 1.58. The summed E-state index contributed by atoms with van der Waals surface area (Å²) in [6.45, 7) is 8.36. The van der Waals surface area contributed by atoms with Crippen LogP contribution in [-0.4, -0.2) is 31.3 Å². The quantitative estimate of drug-likeness (QED) is 0.684. The number of pyridine rings is 1. The van der Waals surface area contributed by atoms with Crippen LogP contribution in [-0.2, 0) is 4.74 Å². The molecule has 0 aromatic carbocycles. The average Bonchev–Trinajstić information content (AvgIpc) is 2.38. The molecule has 1 aromatic rings. The normalized spacial score (nSPS) is 10.9. The van der Waals surface area contributed by atoms with Gasteiger partial charge < -0.3 is 15.4 Å². The smallest absolute Gasteiger partial charge is 0.168 e. The Labute approximate surface area is 118 Å². The van der Waals surface area contributed by atoms with E-state index in [9.17, 15) is 8.78 Å². The zero-order valence-electron chi connectivity index (χ0n) is 12.3. The van der Waals surface area contributed by atoms with Crippen molar-refractivity contribution in [3.8, 4) is 0 Å². The molecule has 1 aromatic heterocycles. The van der Waals surface area contributed by atoms with Crippen molar-refractivity contribution in [3.05, 3.63) is 17.7 Å². The molecule has 6 heteroatoms. The fourth-order valence-electron chi connectivity index (χ4n) is 1.58. The summed E-state index contributed by atoms with van der Waals surface area (Å²) in [4.78, 5) is 3.89. The van der Waals surface area contributed by atoms with Crippen LogP contribution in [0.5, 0.6) is 0 Å². The van der Waals surface area contributed by atoms with Gasteiger partial charge in [0.15, 0.2) is 23.3 Å². The number of nitrogens with zero attached hydrogens (tertiary/aromatic N) is 1. The lowest BCUT2D eigenvalue weighted by atomic mass is 10.2. The highest BCUT2D eigenvalue weighted by Gasteiger charge is 2.10. The molecule has 0 amide bonds. The van der Waals surface area contributed by atoms with Crippen molar-refractivity contribution in [2.45, 2.75) is 27.2 Å². The Hall–Kier alpha value is -1.43. The molecule has 0 spiro atoms. The number of halogens is 2. The van der Waals surface area contributed by atoms with Gasteiger partial charge in [-0.05, 0) is 19.3 Å². The number of hydrogen-bond acceptors (Lipinski definition) is 4. The van der Waals surface area contributed by atoms with Crippen LogP contribution in [0.3, 0.4) is 0 Å². The lowest BCUT2D eigenvalue weighted by Crippen LogP contribution is -2.12. The Kier molecular flexibility index (Phi) is 7.22. The van der Waals surface area contributed by atoms with Crippen LogP contribution < -0.4 is 10.6 Å². The highest BCUT2D eigenvalue weighted by atomic mass is 19.1. The third-order valence-electron chi connectivity index (χ3n) is 2.48. The Morgan fingerprint density at radius 2 is 1.85 bits per heavy atom. The van der Waals surface area contributed by atoms with Crippen molar-refractivity contribution in [1.82, 2.24) is 4.98 Å². The molecule has 0 radical (unpaired) electrons. The minimum Gasteiger partial charge on any atom is -0.381 e. The number of ether oxygens (including phenoxy) is 1. The molecule has 0 fully saturated rings. The topological polar surface area (TPSA) is 46.2 Å². The number of aromatic nitrogens is 1. The van der Waals surface area contributed by atoms with Crippen LogP contribution in [0, 0.1) is 17.6 Å². The standard InChI is InChI=1S/C14H23F2N3O/c1-4-17-13-11(15)8-12(16)14(19-13)18-6-5-7-20-9-10(2)3/h8,10H,4-7,9H2,1-3H3,(H2,17,18,19). The van der Waals surface area contributed by atoms with E-state index in [4.69, 9.17) is 4.74 Å². The summed E-state index contributed by atoms with van der Waals surface area (Å²) in [6.07, 6.45) is 0.738. The second-order valence-electron chi connectivity index (χ2n) is 4.93. The van der Waals surface area contributed by atoms with Crippen LogP contribution in [0.1, 0.15) is 27.2 Å². The molecule has 0 atom stereocenters. The van der Waals surface area contributed by atoms with E-state index in [-0.39, 0.29) is 11.6 Å². The molecule has 0 aliphatic carbocycles. The van der Waals surface area contributed by atoms with Crippen molar-refractivity contribution in [1.29, 1.82) is 0 Å². The maximum absolute atomic E-state index is 13.5. The summed E-state index contributed by atoms with van der Waals surface area (Å²) in [5, 5.41) is 5.60. The average molecular weight is 287 g/mol. The van der Waals surface area contributed by atoms with Gasteiger partial charge in [-0.25, -0.2) is 13.8 Å². The summed E-state index contributed by atoms with van der Waals surface area (Å²) in [5.74, 6) is -0.747. The van der Waals surface area contributed by atoms with E-state index < -0.39 is 11.6 Å². The van der Waals surface area contributed by atoms with E-state index in [0.29, 0.717) is 32.2 Å². The van der Waals surface area contributed by atoms with Gasteiger partial charge in [0.25, 0.3) is 0 Å². The zero-order valence-corrected chi connectivity index (χ0v) is 12.3. The van der Waals surface area contributed by atoms with Gasteiger partial charge in [-0.3, -0.25) is 0 Å². The summed E-state index contributed by atoms with van der Waals surface area (Å²) < 4.78 is 32.3. The van der Waals surface area contributed by atoms with Gasteiger partial charge in [-0.1, -0.05) is 13.8 Å². The predicted octanol–water partition coefficient (Wildman–Crippen LogP) is 3.27. The molecule has 0 saturated carbocycles. The van der Waals surface area contributed by atoms with Gasteiger partial charge in [-0.2, -0.15) is 0 Å². The molecule has 4 nitrogen and oxygen atoms in total. The summed E-state index contributed by atoms with van der Waals surface area (Å²) in [5.41, 5.74) is 0. The number of hydrogen-bond donors (Lipinski definition) is 2. The van der Waals surface area contributed by atoms with Crippen molar-refractivity contribution in [2.24, 2.45) is 5.92 Å². The minimum atomic E-state index is -0.688. The summed E-state index contributed by atoms with van der Waals surface area (Å²) >= 11 is 0. The van der Waals surface area contributed by atoms with Crippen LogP contribution in [0.4, 0.5) is 20.4 Å². The minimum absolute atomic E-state index is 0.0613. The molecule has 20 heavy (non-hydrogen) atoms. The maximum Gasteiger partial charge on any atom is 0.168 e. The van der Waals surface area contributed by atoms with Crippen LogP contribution in [0.25, 0.3) is 0 Å². The van der Waals surface area contributed by atoms with Gasteiger partial charge in [0, 0.05) is 32.4 Å². The molecular weight excluding hydrogens is 264 g/mol. The lowest BCUT2D eigenvalue weighted by molar-refractivity contribution is 0.110. The number of anilines is 2. The predicted molar refractivity (Wildman–Crippen MR) is 77.1 cm³/mol. The van der Waals surface area contributed by atoms with Crippen LogP contribution in [0.15, 0.2) is 6.07 Å². The highest BCUT2D eigenvalue weighted by molar-refractivity contribution is 5.47. The molecule has 2 N–H and O–H groups in total. The molecule has 114 valence electrons. The van der Waals surface area contributed by atoms with Gasteiger partial charge in [0.05, 0.1) is 0 Å². The summed E-state index contributed by atoms with van der Waals surface area (Å²) in [7, 11) is 0. The van der Waals surface area contributed by atoms with E-state index in [1.54, 1.807) is 0 Å². The molecule has 0 unspecified atom stereocenters. The van der Waals surface area contributed by atoms with Gasteiger partial charge in [-0.15, -0.1) is 0 Å². The van der Waals surface area contributed by atoms with E-state index in [1.807, 2.05) is 6.92 Å². The first-order valence-corrected chi connectivity index (χ1v) is 6.96. The van der Waals surface area contributed by atoms with E-state index in [2.05, 4.69) is 29.5 Å². The van der Waals surface area contributed by atoms with Crippen molar-refractivity contribution in [2.75, 3.05) is 36.9 Å².